The van der Waals surface area contributed by atoms with E-state index in [1.807, 2.05) is 36.4 Å². The SMILES string of the molecule is COc1ccccc1-c1ccc(CN)c(Cl)n1. The van der Waals surface area contributed by atoms with Crippen LogP contribution in [0.5, 0.6) is 5.75 Å². The maximum absolute atomic E-state index is 6.04. The van der Waals surface area contributed by atoms with E-state index in [1.54, 1.807) is 7.11 Å². The van der Waals surface area contributed by atoms with Crippen molar-refractivity contribution in [2.75, 3.05) is 7.11 Å². The lowest BCUT2D eigenvalue weighted by molar-refractivity contribution is 0.416. The second kappa shape index (κ2) is 5.17. The van der Waals surface area contributed by atoms with Crippen molar-refractivity contribution in [2.24, 2.45) is 5.73 Å². The quantitative estimate of drug-likeness (QED) is 0.850. The van der Waals surface area contributed by atoms with Crippen LogP contribution in [0.3, 0.4) is 0 Å². The van der Waals surface area contributed by atoms with Crippen LogP contribution >= 0.6 is 11.6 Å². The van der Waals surface area contributed by atoms with Gasteiger partial charge in [0.1, 0.15) is 10.9 Å². The molecule has 2 N–H and O–H groups in total. The Balaban J connectivity index is 2.49. The van der Waals surface area contributed by atoms with Crippen LogP contribution in [-0.2, 0) is 6.54 Å². The maximum Gasteiger partial charge on any atom is 0.134 e. The Labute approximate surface area is 105 Å². The number of ether oxygens (including phenoxy) is 1. The first kappa shape index (κ1) is 11.9. The lowest BCUT2D eigenvalue weighted by Crippen LogP contribution is -1.99. The molecule has 0 aliphatic rings. The summed E-state index contributed by atoms with van der Waals surface area (Å²) < 4.78 is 5.29. The minimum absolute atomic E-state index is 0.387. The van der Waals surface area contributed by atoms with E-state index >= 15 is 0 Å². The molecule has 2 rings (SSSR count). The Morgan fingerprint density at radius 3 is 2.65 bits per heavy atom. The van der Waals surface area contributed by atoms with E-state index in [0.29, 0.717) is 11.7 Å². The summed E-state index contributed by atoms with van der Waals surface area (Å²) >= 11 is 6.04. The summed E-state index contributed by atoms with van der Waals surface area (Å²) in [5, 5.41) is 0.441. The Morgan fingerprint density at radius 1 is 1.24 bits per heavy atom. The van der Waals surface area contributed by atoms with Crippen molar-refractivity contribution < 1.29 is 4.74 Å². The predicted octanol–water partition coefficient (Wildman–Crippen LogP) is 2.87. The Morgan fingerprint density at radius 2 is 2.00 bits per heavy atom. The van der Waals surface area contributed by atoms with Gasteiger partial charge in [0, 0.05) is 17.7 Å². The molecule has 0 saturated carbocycles. The summed E-state index contributed by atoms with van der Waals surface area (Å²) in [5.41, 5.74) is 8.08. The summed E-state index contributed by atoms with van der Waals surface area (Å²) in [6.07, 6.45) is 0. The van der Waals surface area contributed by atoms with Crippen molar-refractivity contribution in [1.82, 2.24) is 4.98 Å². The molecule has 1 aromatic heterocycles. The fourth-order valence-electron chi connectivity index (χ4n) is 1.62. The Bertz CT molecular complexity index is 529. The number of nitrogens with zero attached hydrogens (tertiary/aromatic N) is 1. The molecule has 0 fully saturated rings. The molecule has 88 valence electrons. The van der Waals surface area contributed by atoms with Gasteiger partial charge < -0.3 is 10.5 Å². The van der Waals surface area contributed by atoms with Gasteiger partial charge in [0.25, 0.3) is 0 Å². The summed E-state index contributed by atoms with van der Waals surface area (Å²) in [6, 6.07) is 11.5. The molecule has 0 atom stereocenters. The van der Waals surface area contributed by atoms with Gasteiger partial charge in [0.15, 0.2) is 0 Å². The monoisotopic (exact) mass is 248 g/mol. The summed E-state index contributed by atoms with van der Waals surface area (Å²) in [7, 11) is 1.63. The van der Waals surface area contributed by atoms with E-state index < -0.39 is 0 Å². The van der Waals surface area contributed by atoms with E-state index in [1.165, 1.54) is 0 Å². The van der Waals surface area contributed by atoms with Crippen LogP contribution in [0.4, 0.5) is 0 Å². The number of para-hydroxylation sites is 1. The van der Waals surface area contributed by atoms with Crippen molar-refractivity contribution in [3.8, 4) is 17.0 Å². The average molecular weight is 249 g/mol. The molecule has 0 aliphatic heterocycles. The number of benzene rings is 1. The van der Waals surface area contributed by atoms with E-state index in [0.717, 1.165) is 22.6 Å². The highest BCUT2D eigenvalue weighted by Gasteiger charge is 2.08. The van der Waals surface area contributed by atoms with Crippen LogP contribution in [0.15, 0.2) is 36.4 Å². The van der Waals surface area contributed by atoms with Gasteiger partial charge in [-0.05, 0) is 18.2 Å². The van der Waals surface area contributed by atoms with Gasteiger partial charge in [0.2, 0.25) is 0 Å². The number of aromatic nitrogens is 1. The first-order valence-corrected chi connectivity index (χ1v) is 5.63. The van der Waals surface area contributed by atoms with Crippen molar-refractivity contribution in [1.29, 1.82) is 0 Å². The molecule has 0 spiro atoms. The zero-order chi connectivity index (χ0) is 12.3. The smallest absolute Gasteiger partial charge is 0.134 e. The highest BCUT2D eigenvalue weighted by Crippen LogP contribution is 2.29. The zero-order valence-corrected chi connectivity index (χ0v) is 10.2. The van der Waals surface area contributed by atoms with E-state index in [-0.39, 0.29) is 0 Å². The lowest BCUT2D eigenvalue weighted by Gasteiger charge is -2.09. The van der Waals surface area contributed by atoms with Crippen LogP contribution < -0.4 is 10.5 Å². The molecular formula is C13H13ClN2O. The molecule has 0 saturated heterocycles. The van der Waals surface area contributed by atoms with Gasteiger partial charge in [-0.15, -0.1) is 0 Å². The number of hydrogen-bond donors (Lipinski definition) is 1. The second-order valence-electron chi connectivity index (χ2n) is 3.55. The van der Waals surface area contributed by atoms with Crippen LogP contribution in [-0.4, -0.2) is 12.1 Å². The number of rotatable bonds is 3. The van der Waals surface area contributed by atoms with Crippen LogP contribution in [0.1, 0.15) is 5.56 Å². The largest absolute Gasteiger partial charge is 0.496 e. The summed E-state index contributed by atoms with van der Waals surface area (Å²) in [4.78, 5) is 4.33. The topological polar surface area (TPSA) is 48.1 Å². The summed E-state index contributed by atoms with van der Waals surface area (Å²) in [5.74, 6) is 0.775. The lowest BCUT2D eigenvalue weighted by atomic mass is 10.1. The third-order valence-corrected chi connectivity index (χ3v) is 2.86. The minimum Gasteiger partial charge on any atom is -0.496 e. The number of hydrogen-bond acceptors (Lipinski definition) is 3. The fourth-order valence-corrected chi connectivity index (χ4v) is 1.85. The third-order valence-electron chi connectivity index (χ3n) is 2.53. The zero-order valence-electron chi connectivity index (χ0n) is 9.48. The first-order valence-electron chi connectivity index (χ1n) is 5.25. The highest BCUT2D eigenvalue weighted by atomic mass is 35.5. The highest BCUT2D eigenvalue weighted by molar-refractivity contribution is 6.30. The molecule has 0 radical (unpaired) electrons. The average Bonchev–Trinajstić information content (AvgIpc) is 2.38. The number of pyridine rings is 1. The van der Waals surface area contributed by atoms with Crippen LogP contribution in [0.2, 0.25) is 5.15 Å². The van der Waals surface area contributed by atoms with Gasteiger partial charge in [-0.25, -0.2) is 4.98 Å². The molecule has 0 amide bonds. The van der Waals surface area contributed by atoms with E-state index in [2.05, 4.69) is 4.98 Å². The molecule has 17 heavy (non-hydrogen) atoms. The van der Waals surface area contributed by atoms with Gasteiger partial charge in [0.05, 0.1) is 12.8 Å². The second-order valence-corrected chi connectivity index (χ2v) is 3.91. The number of nitrogens with two attached hydrogens (primary N) is 1. The maximum atomic E-state index is 6.04. The summed E-state index contributed by atoms with van der Waals surface area (Å²) in [6.45, 7) is 0.387. The fraction of sp³-hybridized carbons (Fsp3) is 0.154. The van der Waals surface area contributed by atoms with E-state index in [9.17, 15) is 0 Å². The van der Waals surface area contributed by atoms with Gasteiger partial charge >= 0.3 is 0 Å². The van der Waals surface area contributed by atoms with Crippen molar-refractivity contribution in [3.63, 3.8) is 0 Å². The molecule has 0 unspecified atom stereocenters. The predicted molar refractivity (Wildman–Crippen MR) is 69.1 cm³/mol. The molecular weight excluding hydrogens is 236 g/mol. The minimum atomic E-state index is 0.387. The normalized spacial score (nSPS) is 10.3. The molecule has 1 heterocycles. The van der Waals surface area contributed by atoms with Gasteiger partial charge in [-0.3, -0.25) is 0 Å². The molecule has 4 heteroatoms. The first-order chi connectivity index (χ1) is 8.26. The van der Waals surface area contributed by atoms with Crippen molar-refractivity contribution in [3.05, 3.63) is 47.1 Å². The molecule has 0 aliphatic carbocycles. The number of halogens is 1. The van der Waals surface area contributed by atoms with Gasteiger partial charge in [-0.2, -0.15) is 0 Å². The van der Waals surface area contributed by atoms with Crippen LogP contribution in [0.25, 0.3) is 11.3 Å². The van der Waals surface area contributed by atoms with E-state index in [4.69, 9.17) is 22.1 Å². The third kappa shape index (κ3) is 2.40. The Hall–Kier alpha value is -1.58. The van der Waals surface area contributed by atoms with Crippen molar-refractivity contribution in [2.45, 2.75) is 6.54 Å². The Kier molecular flexibility index (Phi) is 3.61. The van der Waals surface area contributed by atoms with Gasteiger partial charge in [-0.1, -0.05) is 29.8 Å². The molecule has 3 nitrogen and oxygen atoms in total. The molecule has 2 aromatic rings. The number of methoxy groups -OCH3 is 1. The molecule has 0 bridgehead atoms. The van der Waals surface area contributed by atoms with Crippen molar-refractivity contribution >= 4 is 11.6 Å². The van der Waals surface area contributed by atoms with Crippen LogP contribution in [0, 0.1) is 0 Å². The molecule has 1 aromatic carbocycles. The standard InChI is InChI=1S/C13H13ClN2O/c1-17-12-5-3-2-4-10(12)11-7-6-9(8-15)13(14)16-11/h2-7H,8,15H2,1H3.